The fourth-order valence-electron chi connectivity index (χ4n) is 2.34. The number of hydrogen-bond acceptors (Lipinski definition) is 4. The Hall–Kier alpha value is -1.57. The van der Waals surface area contributed by atoms with Gasteiger partial charge in [0.1, 0.15) is 11.8 Å². The fourth-order valence-corrected chi connectivity index (χ4v) is 2.34. The first kappa shape index (κ1) is 13.9. The van der Waals surface area contributed by atoms with E-state index >= 15 is 0 Å². The third kappa shape index (κ3) is 3.69. The van der Waals surface area contributed by atoms with Crippen LogP contribution in [-0.4, -0.2) is 37.2 Å². The third-order valence-electron chi connectivity index (χ3n) is 3.18. The van der Waals surface area contributed by atoms with Gasteiger partial charge in [-0.25, -0.2) is 0 Å². The van der Waals surface area contributed by atoms with E-state index in [0.29, 0.717) is 0 Å². The van der Waals surface area contributed by atoms with Crippen LogP contribution in [0.4, 0.5) is 0 Å². The molecule has 102 valence electrons. The second kappa shape index (κ2) is 6.55. The molecule has 0 radical (unpaired) electrons. The van der Waals surface area contributed by atoms with E-state index < -0.39 is 0 Å². The summed E-state index contributed by atoms with van der Waals surface area (Å²) in [6.07, 6.45) is 0.148. The van der Waals surface area contributed by atoms with Crippen molar-refractivity contribution in [1.82, 2.24) is 10.2 Å². The van der Waals surface area contributed by atoms with Gasteiger partial charge >= 0.3 is 0 Å². The number of benzene rings is 1. The minimum absolute atomic E-state index is 0.148. The minimum Gasteiger partial charge on any atom is -0.491 e. The molecule has 1 N–H and O–H groups in total. The Bertz CT molecular complexity index is 447. The van der Waals surface area contributed by atoms with Gasteiger partial charge in [0.2, 0.25) is 0 Å². The number of piperazine rings is 1. The van der Waals surface area contributed by atoms with Gasteiger partial charge in [-0.15, -0.1) is 0 Å². The molecule has 0 bridgehead atoms. The van der Waals surface area contributed by atoms with E-state index in [2.05, 4.69) is 16.3 Å². The quantitative estimate of drug-likeness (QED) is 0.897. The number of ether oxygens (including phenoxy) is 1. The van der Waals surface area contributed by atoms with E-state index in [9.17, 15) is 5.26 Å². The van der Waals surface area contributed by atoms with Crippen LogP contribution in [0.5, 0.6) is 5.75 Å². The number of nitrogens with zero attached hydrogens (tertiary/aromatic N) is 2. The Morgan fingerprint density at radius 3 is 2.68 bits per heavy atom. The van der Waals surface area contributed by atoms with Gasteiger partial charge in [-0.05, 0) is 31.5 Å². The van der Waals surface area contributed by atoms with Crippen molar-refractivity contribution < 1.29 is 4.74 Å². The van der Waals surface area contributed by atoms with Crippen LogP contribution in [0.2, 0.25) is 0 Å². The number of hydrogen-bond donors (Lipinski definition) is 1. The topological polar surface area (TPSA) is 48.3 Å². The second-order valence-corrected chi connectivity index (χ2v) is 5.06. The van der Waals surface area contributed by atoms with Gasteiger partial charge in [0, 0.05) is 26.2 Å². The van der Waals surface area contributed by atoms with E-state index in [4.69, 9.17) is 4.74 Å². The first-order chi connectivity index (χ1) is 9.20. The van der Waals surface area contributed by atoms with Crippen molar-refractivity contribution in [2.75, 3.05) is 26.2 Å². The van der Waals surface area contributed by atoms with Crippen LogP contribution in [0.3, 0.4) is 0 Å². The van der Waals surface area contributed by atoms with Crippen LogP contribution in [0.15, 0.2) is 24.3 Å². The summed E-state index contributed by atoms with van der Waals surface area (Å²) in [6, 6.07) is 10.1. The van der Waals surface area contributed by atoms with Crippen molar-refractivity contribution in [3.8, 4) is 11.8 Å². The lowest BCUT2D eigenvalue weighted by Gasteiger charge is -2.31. The predicted octanol–water partition coefficient (Wildman–Crippen LogP) is 1.94. The number of nitrogens with one attached hydrogen (secondary N) is 1. The van der Waals surface area contributed by atoms with E-state index in [0.717, 1.165) is 37.5 Å². The van der Waals surface area contributed by atoms with Gasteiger partial charge in [0.15, 0.2) is 0 Å². The number of nitriles is 1. The van der Waals surface area contributed by atoms with Crippen LogP contribution in [-0.2, 0) is 0 Å². The zero-order valence-electron chi connectivity index (χ0n) is 11.6. The predicted molar refractivity (Wildman–Crippen MR) is 75.0 cm³/mol. The maximum atomic E-state index is 9.45. The van der Waals surface area contributed by atoms with Crippen LogP contribution in [0, 0.1) is 11.3 Å². The molecule has 1 unspecified atom stereocenters. The SMILES string of the molecule is CC(C)Oc1cccc(C(C#N)N2CCNCC2)c1. The van der Waals surface area contributed by atoms with Gasteiger partial charge in [-0.3, -0.25) is 4.90 Å². The standard InChI is InChI=1S/C15H21N3O/c1-12(2)19-14-5-3-4-13(10-14)15(11-16)18-8-6-17-7-9-18/h3-5,10,12,15,17H,6-9H2,1-2H3. The molecule has 0 aliphatic carbocycles. The van der Waals surface area contributed by atoms with E-state index in [1.54, 1.807) is 0 Å². The van der Waals surface area contributed by atoms with Crippen LogP contribution in [0.25, 0.3) is 0 Å². The van der Waals surface area contributed by atoms with E-state index in [1.165, 1.54) is 0 Å². The molecular formula is C15H21N3O. The number of rotatable bonds is 4. The molecule has 1 aliphatic heterocycles. The third-order valence-corrected chi connectivity index (χ3v) is 3.18. The van der Waals surface area contributed by atoms with Crippen molar-refractivity contribution in [3.05, 3.63) is 29.8 Å². The highest BCUT2D eigenvalue weighted by atomic mass is 16.5. The molecule has 0 saturated carbocycles. The van der Waals surface area contributed by atoms with Gasteiger partial charge in [-0.2, -0.15) is 5.26 Å². The van der Waals surface area contributed by atoms with Crippen LogP contribution >= 0.6 is 0 Å². The molecular weight excluding hydrogens is 238 g/mol. The van der Waals surface area contributed by atoms with E-state index in [1.807, 2.05) is 38.1 Å². The van der Waals surface area contributed by atoms with Crippen molar-refractivity contribution >= 4 is 0 Å². The molecule has 1 atom stereocenters. The van der Waals surface area contributed by atoms with Crippen molar-refractivity contribution in [2.24, 2.45) is 0 Å². The maximum absolute atomic E-state index is 9.45. The molecule has 0 amide bonds. The van der Waals surface area contributed by atoms with Crippen LogP contribution in [0.1, 0.15) is 25.5 Å². The lowest BCUT2D eigenvalue weighted by atomic mass is 10.1. The summed E-state index contributed by atoms with van der Waals surface area (Å²) >= 11 is 0. The Morgan fingerprint density at radius 1 is 1.32 bits per heavy atom. The van der Waals surface area contributed by atoms with Crippen molar-refractivity contribution in [3.63, 3.8) is 0 Å². The Morgan fingerprint density at radius 2 is 2.05 bits per heavy atom. The first-order valence-corrected chi connectivity index (χ1v) is 6.81. The molecule has 4 nitrogen and oxygen atoms in total. The minimum atomic E-state index is -0.183. The molecule has 2 rings (SSSR count). The Balaban J connectivity index is 2.16. The lowest BCUT2D eigenvalue weighted by molar-refractivity contribution is 0.206. The second-order valence-electron chi connectivity index (χ2n) is 5.06. The summed E-state index contributed by atoms with van der Waals surface area (Å²) in [5, 5.41) is 12.8. The normalized spacial score (nSPS) is 18.0. The fraction of sp³-hybridized carbons (Fsp3) is 0.533. The zero-order valence-corrected chi connectivity index (χ0v) is 11.6. The summed E-state index contributed by atoms with van der Waals surface area (Å²) in [5.74, 6) is 0.836. The molecule has 19 heavy (non-hydrogen) atoms. The first-order valence-electron chi connectivity index (χ1n) is 6.81. The lowest BCUT2D eigenvalue weighted by Crippen LogP contribution is -2.44. The zero-order chi connectivity index (χ0) is 13.7. The molecule has 1 fully saturated rings. The van der Waals surface area contributed by atoms with Gasteiger partial charge in [0.05, 0.1) is 12.2 Å². The largest absolute Gasteiger partial charge is 0.491 e. The molecule has 1 aromatic carbocycles. The van der Waals surface area contributed by atoms with Crippen LogP contribution < -0.4 is 10.1 Å². The molecule has 0 aromatic heterocycles. The van der Waals surface area contributed by atoms with Gasteiger partial charge in [-0.1, -0.05) is 12.1 Å². The molecule has 1 aromatic rings. The Labute approximate surface area is 115 Å². The van der Waals surface area contributed by atoms with E-state index in [-0.39, 0.29) is 12.1 Å². The highest BCUT2D eigenvalue weighted by Gasteiger charge is 2.22. The van der Waals surface area contributed by atoms with Crippen molar-refractivity contribution in [1.29, 1.82) is 5.26 Å². The smallest absolute Gasteiger partial charge is 0.124 e. The monoisotopic (exact) mass is 259 g/mol. The molecule has 1 saturated heterocycles. The highest BCUT2D eigenvalue weighted by molar-refractivity contribution is 5.33. The summed E-state index contributed by atoms with van der Waals surface area (Å²) in [4.78, 5) is 2.21. The highest BCUT2D eigenvalue weighted by Crippen LogP contribution is 2.24. The summed E-state index contributed by atoms with van der Waals surface area (Å²) in [6.45, 7) is 7.72. The Kier molecular flexibility index (Phi) is 4.78. The molecule has 0 spiro atoms. The van der Waals surface area contributed by atoms with Crippen molar-refractivity contribution in [2.45, 2.75) is 26.0 Å². The summed E-state index contributed by atoms with van der Waals surface area (Å²) in [5.41, 5.74) is 1.02. The van der Waals surface area contributed by atoms with Gasteiger partial charge < -0.3 is 10.1 Å². The summed E-state index contributed by atoms with van der Waals surface area (Å²) in [7, 11) is 0. The average Bonchev–Trinajstić information content (AvgIpc) is 2.40. The van der Waals surface area contributed by atoms with Gasteiger partial charge in [0.25, 0.3) is 0 Å². The maximum Gasteiger partial charge on any atom is 0.124 e. The molecule has 4 heteroatoms. The molecule has 1 heterocycles. The summed E-state index contributed by atoms with van der Waals surface area (Å²) < 4.78 is 5.70. The average molecular weight is 259 g/mol. The molecule has 1 aliphatic rings.